The summed E-state index contributed by atoms with van der Waals surface area (Å²) in [5, 5.41) is 11.7. The summed E-state index contributed by atoms with van der Waals surface area (Å²) in [6.45, 7) is 0. The standard InChI is InChI=1S/C45H27N3O2/c46-28-29-12-9-17-33(26-29)34-19-10-20-36-35-18-7-8-22-39(35)47(43(34)36)41-23-11-21-37-42(41)45(50)48(44(37)49)40-25-24-32(30-13-3-1-4-14-30)27-38(40)31-15-5-2-6-16-31/h1-27H. The van der Waals surface area contributed by atoms with Crippen molar-refractivity contribution in [3.8, 4) is 45.1 Å². The van der Waals surface area contributed by atoms with Gasteiger partial charge in [-0.15, -0.1) is 0 Å². The van der Waals surface area contributed by atoms with Crippen molar-refractivity contribution in [1.82, 2.24) is 4.57 Å². The number of nitriles is 1. The van der Waals surface area contributed by atoms with Gasteiger partial charge in [0.05, 0.1) is 45.2 Å². The lowest BCUT2D eigenvalue weighted by atomic mass is 9.97. The third-order valence-electron chi connectivity index (χ3n) is 9.56. The molecule has 5 heteroatoms. The largest absolute Gasteiger partial charge is 0.308 e. The highest BCUT2D eigenvalue weighted by Gasteiger charge is 2.40. The van der Waals surface area contributed by atoms with Crippen molar-refractivity contribution in [2.75, 3.05) is 4.90 Å². The highest BCUT2D eigenvalue weighted by molar-refractivity contribution is 6.36. The fourth-order valence-corrected chi connectivity index (χ4v) is 7.32. The number of rotatable bonds is 5. The molecule has 1 aliphatic rings. The summed E-state index contributed by atoms with van der Waals surface area (Å²) < 4.78 is 2.10. The summed E-state index contributed by atoms with van der Waals surface area (Å²) in [4.78, 5) is 30.6. The molecule has 2 heterocycles. The second kappa shape index (κ2) is 11.6. The van der Waals surface area contributed by atoms with Gasteiger partial charge in [0.15, 0.2) is 0 Å². The molecule has 9 rings (SSSR count). The molecule has 0 saturated carbocycles. The Labute approximate surface area is 288 Å². The van der Waals surface area contributed by atoms with Gasteiger partial charge in [-0.25, -0.2) is 4.90 Å². The zero-order valence-corrected chi connectivity index (χ0v) is 26.7. The van der Waals surface area contributed by atoms with Gasteiger partial charge in [0.2, 0.25) is 0 Å². The smallest absolute Gasteiger partial charge is 0.268 e. The molecule has 0 radical (unpaired) electrons. The number of benzene rings is 7. The number of hydrogen-bond donors (Lipinski definition) is 0. The van der Waals surface area contributed by atoms with Gasteiger partial charge in [0.25, 0.3) is 11.8 Å². The number of imide groups is 1. The monoisotopic (exact) mass is 641 g/mol. The van der Waals surface area contributed by atoms with Crippen molar-refractivity contribution in [2.45, 2.75) is 0 Å². The van der Waals surface area contributed by atoms with E-state index in [4.69, 9.17) is 0 Å². The van der Waals surface area contributed by atoms with E-state index in [1.807, 2.05) is 121 Å². The van der Waals surface area contributed by atoms with Crippen LogP contribution in [0.25, 0.3) is 60.9 Å². The van der Waals surface area contributed by atoms with Crippen LogP contribution >= 0.6 is 0 Å². The Hall–Kier alpha value is -7.03. The second-order valence-electron chi connectivity index (χ2n) is 12.4. The number of aromatic nitrogens is 1. The van der Waals surface area contributed by atoms with Gasteiger partial charge in [-0.2, -0.15) is 5.26 Å². The van der Waals surface area contributed by atoms with Crippen LogP contribution in [0.2, 0.25) is 0 Å². The molecule has 1 aliphatic heterocycles. The van der Waals surface area contributed by atoms with E-state index in [1.54, 1.807) is 12.1 Å². The molecule has 5 nitrogen and oxygen atoms in total. The molecule has 2 amide bonds. The fourth-order valence-electron chi connectivity index (χ4n) is 7.32. The molecule has 0 N–H and O–H groups in total. The number of para-hydroxylation sites is 2. The SMILES string of the molecule is N#Cc1cccc(-c2cccc3c4ccccc4n(-c4cccc5c4C(=O)N(c4ccc(-c6ccccc6)cc4-c4ccccc4)C5=O)c23)c1. The normalized spacial score (nSPS) is 12.4. The number of anilines is 1. The Morgan fingerprint density at radius 3 is 1.92 bits per heavy atom. The minimum atomic E-state index is -0.375. The number of fused-ring (bicyclic) bond motifs is 4. The number of hydrogen-bond acceptors (Lipinski definition) is 3. The zero-order chi connectivity index (χ0) is 33.8. The van der Waals surface area contributed by atoms with Crippen molar-refractivity contribution in [3.63, 3.8) is 0 Å². The predicted octanol–water partition coefficient (Wildman–Crippen LogP) is 10.5. The summed E-state index contributed by atoms with van der Waals surface area (Å²) in [6.07, 6.45) is 0. The maximum absolute atomic E-state index is 14.8. The average molecular weight is 642 g/mol. The highest BCUT2D eigenvalue weighted by atomic mass is 16.2. The van der Waals surface area contributed by atoms with Crippen molar-refractivity contribution in [1.29, 1.82) is 5.26 Å². The lowest BCUT2D eigenvalue weighted by Crippen LogP contribution is -2.30. The molecule has 234 valence electrons. The van der Waals surface area contributed by atoms with Crippen LogP contribution in [-0.2, 0) is 0 Å². The Balaban J connectivity index is 1.27. The minimum Gasteiger partial charge on any atom is -0.308 e. The minimum absolute atomic E-state index is 0.354. The first kappa shape index (κ1) is 29.1. The Morgan fingerprint density at radius 2 is 1.12 bits per heavy atom. The maximum atomic E-state index is 14.8. The van der Waals surface area contributed by atoms with Crippen molar-refractivity contribution < 1.29 is 9.59 Å². The van der Waals surface area contributed by atoms with Crippen LogP contribution in [0, 0.1) is 11.3 Å². The quantitative estimate of drug-likeness (QED) is 0.176. The van der Waals surface area contributed by atoms with E-state index in [2.05, 4.69) is 41.0 Å². The molecule has 0 fully saturated rings. The van der Waals surface area contributed by atoms with E-state index in [-0.39, 0.29) is 11.8 Å². The Bertz CT molecular complexity index is 2700. The van der Waals surface area contributed by atoms with Crippen LogP contribution in [0.3, 0.4) is 0 Å². The maximum Gasteiger partial charge on any atom is 0.268 e. The molecule has 0 atom stereocenters. The van der Waals surface area contributed by atoms with Gasteiger partial charge < -0.3 is 4.57 Å². The van der Waals surface area contributed by atoms with Crippen LogP contribution in [0.4, 0.5) is 5.69 Å². The topological polar surface area (TPSA) is 66.1 Å². The van der Waals surface area contributed by atoms with Crippen LogP contribution in [0.1, 0.15) is 26.3 Å². The molecule has 0 aliphatic carbocycles. The van der Waals surface area contributed by atoms with E-state index in [0.29, 0.717) is 28.1 Å². The van der Waals surface area contributed by atoms with Crippen LogP contribution in [0.5, 0.6) is 0 Å². The lowest BCUT2D eigenvalue weighted by Gasteiger charge is -2.20. The predicted molar refractivity (Wildman–Crippen MR) is 199 cm³/mol. The van der Waals surface area contributed by atoms with Crippen molar-refractivity contribution in [2.24, 2.45) is 0 Å². The number of nitrogens with zero attached hydrogens (tertiary/aromatic N) is 3. The number of amides is 2. The van der Waals surface area contributed by atoms with Crippen LogP contribution in [0.15, 0.2) is 164 Å². The summed E-state index contributed by atoms with van der Waals surface area (Å²) in [7, 11) is 0. The Morgan fingerprint density at radius 1 is 0.460 bits per heavy atom. The van der Waals surface area contributed by atoms with Crippen molar-refractivity contribution in [3.05, 3.63) is 180 Å². The summed E-state index contributed by atoms with van der Waals surface area (Å²) in [6, 6.07) is 55.4. The summed E-state index contributed by atoms with van der Waals surface area (Å²) in [5.41, 5.74) is 9.78. The van der Waals surface area contributed by atoms with Crippen LogP contribution < -0.4 is 4.90 Å². The lowest BCUT2D eigenvalue weighted by molar-refractivity contribution is 0.0926. The molecule has 7 aromatic carbocycles. The van der Waals surface area contributed by atoms with E-state index >= 15 is 0 Å². The zero-order valence-electron chi connectivity index (χ0n) is 26.7. The molecule has 0 saturated heterocycles. The first-order valence-corrected chi connectivity index (χ1v) is 16.4. The van der Waals surface area contributed by atoms with Gasteiger partial charge in [0, 0.05) is 21.9 Å². The van der Waals surface area contributed by atoms with E-state index in [0.717, 1.165) is 55.2 Å². The van der Waals surface area contributed by atoms with Gasteiger partial charge in [-0.05, 0) is 64.7 Å². The molecule has 50 heavy (non-hydrogen) atoms. The van der Waals surface area contributed by atoms with Gasteiger partial charge in [0.1, 0.15) is 0 Å². The molecule has 0 spiro atoms. The van der Waals surface area contributed by atoms with Gasteiger partial charge in [-0.1, -0.05) is 121 Å². The molecule has 1 aromatic heterocycles. The van der Waals surface area contributed by atoms with E-state index in [9.17, 15) is 14.9 Å². The third kappa shape index (κ3) is 4.47. The average Bonchev–Trinajstić information content (AvgIpc) is 3.66. The van der Waals surface area contributed by atoms with E-state index < -0.39 is 0 Å². The summed E-state index contributed by atoms with van der Waals surface area (Å²) in [5.74, 6) is -0.737. The molecular weight excluding hydrogens is 615 g/mol. The summed E-state index contributed by atoms with van der Waals surface area (Å²) >= 11 is 0. The molecule has 0 unspecified atom stereocenters. The van der Waals surface area contributed by atoms with Gasteiger partial charge in [-0.3, -0.25) is 9.59 Å². The first-order valence-electron chi connectivity index (χ1n) is 16.4. The fraction of sp³-hybridized carbons (Fsp3) is 0. The molecular formula is C45H27N3O2. The van der Waals surface area contributed by atoms with Crippen LogP contribution in [-0.4, -0.2) is 16.4 Å². The molecule has 8 aromatic rings. The van der Waals surface area contributed by atoms with E-state index in [1.165, 1.54) is 4.90 Å². The number of carbonyl (C=O) groups is 2. The Kier molecular flexibility index (Phi) is 6.75. The number of carbonyl (C=O) groups excluding carboxylic acids is 2. The van der Waals surface area contributed by atoms with Gasteiger partial charge >= 0.3 is 0 Å². The molecule has 0 bridgehead atoms. The highest BCUT2D eigenvalue weighted by Crippen LogP contribution is 2.43. The van der Waals surface area contributed by atoms with Crippen molar-refractivity contribution >= 4 is 39.3 Å². The third-order valence-corrected chi connectivity index (χ3v) is 9.56. The first-order chi connectivity index (χ1) is 24.6. The second-order valence-corrected chi connectivity index (χ2v) is 12.4.